The number of nitrogens with zero attached hydrogens (tertiary/aromatic N) is 1. The summed E-state index contributed by atoms with van der Waals surface area (Å²) in [6, 6.07) is 2.98. The van der Waals surface area contributed by atoms with Gasteiger partial charge in [-0.05, 0) is 26.0 Å². The minimum Gasteiger partial charge on any atom is -0.478 e. The standard InChI is InChI=1S/C10H13NO3/c1-7(2)14-6-9-5-8(10(12)13)3-4-11-9/h3-5,7H,6H2,1-2H3,(H,12,13). The molecule has 0 aliphatic rings. The minimum atomic E-state index is -0.946. The van der Waals surface area contributed by atoms with Gasteiger partial charge in [-0.2, -0.15) is 0 Å². The second-order valence-electron chi connectivity index (χ2n) is 3.20. The predicted octanol–water partition coefficient (Wildman–Crippen LogP) is 1.70. The second kappa shape index (κ2) is 4.72. The van der Waals surface area contributed by atoms with E-state index in [1.165, 1.54) is 18.3 Å². The molecular formula is C10H13NO3. The Labute approximate surface area is 82.5 Å². The van der Waals surface area contributed by atoms with Gasteiger partial charge in [0.1, 0.15) is 0 Å². The minimum absolute atomic E-state index is 0.116. The smallest absolute Gasteiger partial charge is 0.335 e. The van der Waals surface area contributed by atoms with E-state index in [2.05, 4.69) is 4.98 Å². The van der Waals surface area contributed by atoms with Crippen LogP contribution in [0.4, 0.5) is 0 Å². The van der Waals surface area contributed by atoms with Gasteiger partial charge in [0.05, 0.1) is 24.0 Å². The van der Waals surface area contributed by atoms with Gasteiger partial charge in [-0.3, -0.25) is 4.98 Å². The van der Waals surface area contributed by atoms with Crippen LogP contribution in [0.15, 0.2) is 18.3 Å². The van der Waals surface area contributed by atoms with Gasteiger partial charge in [0.15, 0.2) is 0 Å². The number of hydrogen-bond donors (Lipinski definition) is 1. The van der Waals surface area contributed by atoms with E-state index in [-0.39, 0.29) is 11.7 Å². The Hall–Kier alpha value is -1.42. The van der Waals surface area contributed by atoms with Crippen molar-refractivity contribution in [3.8, 4) is 0 Å². The van der Waals surface area contributed by atoms with E-state index in [4.69, 9.17) is 9.84 Å². The third-order valence-corrected chi connectivity index (χ3v) is 1.63. The Kier molecular flexibility index (Phi) is 3.59. The maximum absolute atomic E-state index is 10.6. The third-order valence-electron chi connectivity index (χ3n) is 1.63. The largest absolute Gasteiger partial charge is 0.478 e. The molecule has 0 atom stereocenters. The molecule has 4 nitrogen and oxygen atoms in total. The van der Waals surface area contributed by atoms with E-state index in [9.17, 15) is 4.79 Å². The number of aromatic nitrogens is 1. The SMILES string of the molecule is CC(C)OCc1cc(C(=O)O)ccn1. The van der Waals surface area contributed by atoms with Crippen molar-refractivity contribution in [2.24, 2.45) is 0 Å². The number of ether oxygens (including phenoxy) is 1. The van der Waals surface area contributed by atoms with E-state index in [1.807, 2.05) is 13.8 Å². The quantitative estimate of drug-likeness (QED) is 0.794. The molecule has 1 rings (SSSR count). The highest BCUT2D eigenvalue weighted by Crippen LogP contribution is 2.04. The van der Waals surface area contributed by atoms with E-state index in [0.717, 1.165) is 0 Å². The lowest BCUT2D eigenvalue weighted by molar-refractivity contribution is 0.0632. The number of rotatable bonds is 4. The molecule has 0 saturated heterocycles. The van der Waals surface area contributed by atoms with Gasteiger partial charge in [-0.1, -0.05) is 0 Å². The van der Waals surface area contributed by atoms with Crippen LogP contribution in [0.3, 0.4) is 0 Å². The molecule has 1 heterocycles. The van der Waals surface area contributed by atoms with Crippen LogP contribution in [0, 0.1) is 0 Å². The molecule has 0 bridgehead atoms. The Morgan fingerprint density at radius 3 is 2.93 bits per heavy atom. The monoisotopic (exact) mass is 195 g/mol. The number of hydrogen-bond acceptors (Lipinski definition) is 3. The normalized spacial score (nSPS) is 10.5. The van der Waals surface area contributed by atoms with Crippen LogP contribution in [-0.2, 0) is 11.3 Å². The lowest BCUT2D eigenvalue weighted by Crippen LogP contribution is -2.05. The van der Waals surface area contributed by atoms with Crippen LogP contribution in [-0.4, -0.2) is 22.2 Å². The van der Waals surface area contributed by atoms with Crippen molar-refractivity contribution in [3.05, 3.63) is 29.6 Å². The summed E-state index contributed by atoms with van der Waals surface area (Å²) in [6.45, 7) is 4.18. The molecule has 4 heteroatoms. The highest BCUT2D eigenvalue weighted by molar-refractivity contribution is 5.87. The van der Waals surface area contributed by atoms with Crippen LogP contribution in [0.5, 0.6) is 0 Å². The summed E-state index contributed by atoms with van der Waals surface area (Å²) in [7, 11) is 0. The van der Waals surface area contributed by atoms with Crippen molar-refractivity contribution in [1.29, 1.82) is 0 Å². The fourth-order valence-corrected chi connectivity index (χ4v) is 0.942. The Balaban J connectivity index is 2.69. The first kappa shape index (κ1) is 10.7. The second-order valence-corrected chi connectivity index (χ2v) is 3.20. The lowest BCUT2D eigenvalue weighted by Gasteiger charge is -2.06. The predicted molar refractivity (Wildman–Crippen MR) is 51.1 cm³/mol. The van der Waals surface area contributed by atoms with Gasteiger partial charge in [-0.25, -0.2) is 4.79 Å². The number of carboxylic acid groups (broad SMARTS) is 1. The zero-order valence-electron chi connectivity index (χ0n) is 8.23. The first-order valence-corrected chi connectivity index (χ1v) is 4.39. The molecule has 0 spiro atoms. The van der Waals surface area contributed by atoms with E-state index < -0.39 is 5.97 Å². The van der Waals surface area contributed by atoms with Crippen LogP contribution < -0.4 is 0 Å². The average Bonchev–Trinajstić information content (AvgIpc) is 2.15. The topological polar surface area (TPSA) is 59.4 Å². The molecule has 0 aliphatic carbocycles. The molecule has 76 valence electrons. The van der Waals surface area contributed by atoms with Crippen molar-refractivity contribution in [2.75, 3.05) is 0 Å². The molecule has 14 heavy (non-hydrogen) atoms. The zero-order valence-corrected chi connectivity index (χ0v) is 8.23. The number of aromatic carboxylic acids is 1. The summed E-state index contributed by atoms with van der Waals surface area (Å²) < 4.78 is 5.31. The van der Waals surface area contributed by atoms with Gasteiger partial charge in [0.25, 0.3) is 0 Å². The van der Waals surface area contributed by atoms with Crippen LogP contribution in [0.2, 0.25) is 0 Å². The average molecular weight is 195 g/mol. The molecular weight excluding hydrogens is 182 g/mol. The maximum Gasteiger partial charge on any atom is 0.335 e. The molecule has 0 aliphatic heterocycles. The highest BCUT2D eigenvalue weighted by Gasteiger charge is 2.04. The number of carbonyl (C=O) groups is 1. The fraction of sp³-hybridized carbons (Fsp3) is 0.400. The van der Waals surface area contributed by atoms with Gasteiger partial charge in [-0.15, -0.1) is 0 Å². The van der Waals surface area contributed by atoms with Crippen molar-refractivity contribution >= 4 is 5.97 Å². The van der Waals surface area contributed by atoms with Gasteiger partial charge in [0.2, 0.25) is 0 Å². The van der Waals surface area contributed by atoms with Crippen LogP contribution in [0.1, 0.15) is 29.9 Å². The number of carboxylic acids is 1. The summed E-state index contributed by atoms with van der Waals surface area (Å²) >= 11 is 0. The molecule has 0 radical (unpaired) electrons. The molecule has 0 unspecified atom stereocenters. The molecule has 0 amide bonds. The first-order chi connectivity index (χ1) is 6.59. The van der Waals surface area contributed by atoms with Gasteiger partial charge < -0.3 is 9.84 Å². The summed E-state index contributed by atoms with van der Waals surface area (Å²) in [6.07, 6.45) is 1.59. The molecule has 1 N–H and O–H groups in total. The number of pyridine rings is 1. The third kappa shape index (κ3) is 3.14. The van der Waals surface area contributed by atoms with Gasteiger partial charge >= 0.3 is 5.97 Å². The Bertz CT molecular complexity index is 323. The summed E-state index contributed by atoms with van der Waals surface area (Å²) in [4.78, 5) is 14.6. The summed E-state index contributed by atoms with van der Waals surface area (Å²) in [5, 5.41) is 8.72. The first-order valence-electron chi connectivity index (χ1n) is 4.39. The maximum atomic E-state index is 10.6. The lowest BCUT2D eigenvalue weighted by atomic mass is 10.2. The van der Waals surface area contributed by atoms with Crippen molar-refractivity contribution in [2.45, 2.75) is 26.6 Å². The fourth-order valence-electron chi connectivity index (χ4n) is 0.942. The van der Waals surface area contributed by atoms with Crippen LogP contribution >= 0.6 is 0 Å². The Morgan fingerprint density at radius 1 is 1.64 bits per heavy atom. The molecule has 0 fully saturated rings. The highest BCUT2D eigenvalue weighted by atomic mass is 16.5. The Morgan fingerprint density at radius 2 is 2.36 bits per heavy atom. The van der Waals surface area contributed by atoms with Crippen molar-refractivity contribution in [3.63, 3.8) is 0 Å². The molecule has 1 aromatic heterocycles. The van der Waals surface area contributed by atoms with E-state index >= 15 is 0 Å². The zero-order chi connectivity index (χ0) is 10.6. The molecule has 0 aromatic carbocycles. The van der Waals surface area contributed by atoms with E-state index in [0.29, 0.717) is 12.3 Å². The molecule has 1 aromatic rings. The van der Waals surface area contributed by atoms with Crippen molar-refractivity contribution in [1.82, 2.24) is 4.98 Å². The van der Waals surface area contributed by atoms with Crippen LogP contribution in [0.25, 0.3) is 0 Å². The van der Waals surface area contributed by atoms with E-state index in [1.54, 1.807) is 0 Å². The summed E-state index contributed by atoms with van der Waals surface area (Å²) in [5.41, 5.74) is 0.876. The van der Waals surface area contributed by atoms with Gasteiger partial charge in [0, 0.05) is 6.20 Å². The molecule has 0 saturated carbocycles. The summed E-state index contributed by atoms with van der Waals surface area (Å²) in [5.74, 6) is -0.946. The van der Waals surface area contributed by atoms with Crippen molar-refractivity contribution < 1.29 is 14.6 Å².